The first-order valence-corrected chi connectivity index (χ1v) is 9.51. The van der Waals surface area contributed by atoms with E-state index in [2.05, 4.69) is 17.0 Å². The lowest BCUT2D eigenvalue weighted by molar-refractivity contribution is -0.151. The number of ether oxygens (including phenoxy) is 2. The van der Waals surface area contributed by atoms with E-state index in [9.17, 15) is 14.7 Å². The fourth-order valence-electron chi connectivity index (χ4n) is 3.05. The maximum absolute atomic E-state index is 11.5. The van der Waals surface area contributed by atoms with Crippen LogP contribution in [0.15, 0.2) is 11.6 Å². The van der Waals surface area contributed by atoms with E-state index in [-0.39, 0.29) is 6.04 Å². The number of methoxy groups -OCH3 is 1. The predicted octanol–water partition coefficient (Wildman–Crippen LogP) is 3.82. The Labute approximate surface area is 151 Å². The molecular formula is C19H33NO5. The van der Waals surface area contributed by atoms with Crippen LogP contribution in [0.5, 0.6) is 0 Å². The fraction of sp³-hybridized carbons (Fsp3) is 0.789. The Morgan fingerprint density at radius 1 is 1.20 bits per heavy atom. The molecule has 0 aromatic heterocycles. The highest BCUT2D eigenvalue weighted by molar-refractivity contribution is 5.90. The highest BCUT2D eigenvalue weighted by atomic mass is 16.6. The van der Waals surface area contributed by atoms with E-state index in [1.54, 1.807) is 0 Å². The molecule has 6 nitrogen and oxygen atoms in total. The lowest BCUT2D eigenvalue weighted by atomic mass is 9.99. The molecule has 0 fully saturated rings. The van der Waals surface area contributed by atoms with E-state index in [1.807, 2.05) is 0 Å². The van der Waals surface area contributed by atoms with Crippen molar-refractivity contribution in [2.45, 2.75) is 89.9 Å². The van der Waals surface area contributed by atoms with Gasteiger partial charge in [0.2, 0.25) is 6.29 Å². The summed E-state index contributed by atoms with van der Waals surface area (Å²) in [4.78, 5) is 23.0. The molecular weight excluding hydrogens is 322 g/mol. The van der Waals surface area contributed by atoms with Crippen LogP contribution in [0.2, 0.25) is 0 Å². The van der Waals surface area contributed by atoms with Gasteiger partial charge in [-0.15, -0.1) is 0 Å². The number of nitrogens with one attached hydrogen (secondary N) is 1. The molecule has 0 saturated heterocycles. The quantitative estimate of drug-likeness (QED) is 0.387. The van der Waals surface area contributed by atoms with Crippen molar-refractivity contribution in [1.82, 2.24) is 5.32 Å². The first kappa shape index (κ1) is 21.5. The number of aliphatic hydroxyl groups excluding tert-OH is 1. The van der Waals surface area contributed by atoms with E-state index < -0.39 is 18.4 Å². The van der Waals surface area contributed by atoms with Gasteiger partial charge in [-0.05, 0) is 31.8 Å². The standard InChI is InChI=1S/C19H33NO5/c1-3-4-5-6-7-8-9-12-16(20-19(23)24-2)13-10-11-15-14-17(21)25-18(15)22/h14,16-17,21H,3-13H2,1-2H3,(H,20,23). The number of cyclic esters (lactones) is 1. The van der Waals surface area contributed by atoms with Gasteiger partial charge in [0.1, 0.15) is 0 Å². The smallest absolute Gasteiger partial charge is 0.407 e. The molecule has 0 aromatic rings. The summed E-state index contributed by atoms with van der Waals surface area (Å²) in [5, 5.41) is 12.1. The largest absolute Gasteiger partial charge is 0.453 e. The van der Waals surface area contributed by atoms with Crippen LogP contribution in [0.1, 0.15) is 77.6 Å². The summed E-state index contributed by atoms with van der Waals surface area (Å²) < 4.78 is 9.36. The first-order valence-electron chi connectivity index (χ1n) is 9.51. The van der Waals surface area contributed by atoms with Gasteiger partial charge in [0.25, 0.3) is 0 Å². The number of carbonyl (C=O) groups is 2. The molecule has 144 valence electrons. The minimum atomic E-state index is -1.11. The zero-order valence-electron chi connectivity index (χ0n) is 15.6. The third kappa shape index (κ3) is 9.48. The van der Waals surface area contributed by atoms with Crippen molar-refractivity contribution in [1.29, 1.82) is 0 Å². The van der Waals surface area contributed by atoms with Crippen molar-refractivity contribution in [3.63, 3.8) is 0 Å². The minimum absolute atomic E-state index is 0.0473. The number of unbranched alkanes of at least 4 members (excludes halogenated alkanes) is 6. The Hall–Kier alpha value is -1.56. The van der Waals surface area contributed by atoms with Crippen LogP contribution < -0.4 is 5.32 Å². The number of aliphatic hydroxyl groups is 1. The van der Waals surface area contributed by atoms with Gasteiger partial charge in [-0.25, -0.2) is 9.59 Å². The Bertz CT molecular complexity index is 436. The van der Waals surface area contributed by atoms with Crippen LogP contribution in [-0.4, -0.2) is 36.6 Å². The zero-order chi connectivity index (χ0) is 18.5. The molecule has 1 heterocycles. The average Bonchev–Trinajstić information content (AvgIpc) is 2.91. The topological polar surface area (TPSA) is 84.9 Å². The van der Waals surface area contributed by atoms with Crippen molar-refractivity contribution in [2.75, 3.05) is 7.11 Å². The Morgan fingerprint density at radius 3 is 2.44 bits per heavy atom. The van der Waals surface area contributed by atoms with Crippen LogP contribution in [0.25, 0.3) is 0 Å². The van der Waals surface area contributed by atoms with E-state index in [0.29, 0.717) is 12.0 Å². The van der Waals surface area contributed by atoms with Gasteiger partial charge in [-0.2, -0.15) is 0 Å². The second kappa shape index (κ2) is 12.8. The maximum atomic E-state index is 11.5. The van der Waals surface area contributed by atoms with Crippen molar-refractivity contribution >= 4 is 12.1 Å². The van der Waals surface area contributed by atoms with Crippen molar-refractivity contribution in [3.05, 3.63) is 11.6 Å². The van der Waals surface area contributed by atoms with Gasteiger partial charge >= 0.3 is 12.1 Å². The van der Waals surface area contributed by atoms with Crippen LogP contribution in [-0.2, 0) is 14.3 Å². The number of rotatable bonds is 13. The van der Waals surface area contributed by atoms with Gasteiger partial charge in [0.05, 0.1) is 7.11 Å². The molecule has 0 radical (unpaired) electrons. The molecule has 1 aliphatic heterocycles. The monoisotopic (exact) mass is 355 g/mol. The van der Waals surface area contributed by atoms with E-state index in [4.69, 9.17) is 4.74 Å². The number of alkyl carbamates (subject to hydrolysis) is 1. The number of esters is 1. The van der Waals surface area contributed by atoms with Crippen LogP contribution in [0.3, 0.4) is 0 Å². The average molecular weight is 355 g/mol. The molecule has 2 unspecified atom stereocenters. The van der Waals surface area contributed by atoms with Crippen LogP contribution in [0.4, 0.5) is 4.79 Å². The van der Waals surface area contributed by atoms with Crippen LogP contribution in [0, 0.1) is 0 Å². The van der Waals surface area contributed by atoms with E-state index in [1.165, 1.54) is 51.7 Å². The Balaban J connectivity index is 2.26. The Kier molecular flexibility index (Phi) is 11.0. The second-order valence-corrected chi connectivity index (χ2v) is 6.62. The van der Waals surface area contributed by atoms with Crippen molar-refractivity contribution < 1.29 is 24.2 Å². The number of amides is 1. The minimum Gasteiger partial charge on any atom is -0.453 e. The SMILES string of the molecule is CCCCCCCCCC(CCCC1=CC(O)OC1=O)NC(=O)OC. The van der Waals surface area contributed by atoms with Crippen molar-refractivity contribution in [2.24, 2.45) is 0 Å². The first-order chi connectivity index (χ1) is 12.1. The molecule has 1 aliphatic rings. The molecule has 0 saturated carbocycles. The molecule has 1 amide bonds. The molecule has 0 aliphatic carbocycles. The van der Waals surface area contributed by atoms with Gasteiger partial charge in [0.15, 0.2) is 0 Å². The highest BCUT2D eigenvalue weighted by Gasteiger charge is 2.23. The molecule has 6 heteroatoms. The summed E-state index contributed by atoms with van der Waals surface area (Å²) in [6, 6.07) is 0.0473. The number of hydrogen-bond donors (Lipinski definition) is 2. The normalized spacial score (nSPS) is 17.8. The lowest BCUT2D eigenvalue weighted by Gasteiger charge is -2.18. The third-order valence-corrected chi connectivity index (χ3v) is 4.50. The fourth-order valence-corrected chi connectivity index (χ4v) is 3.05. The van der Waals surface area contributed by atoms with Gasteiger partial charge < -0.3 is 19.9 Å². The van der Waals surface area contributed by atoms with Gasteiger partial charge in [-0.3, -0.25) is 0 Å². The number of hydrogen-bond acceptors (Lipinski definition) is 5. The molecule has 25 heavy (non-hydrogen) atoms. The van der Waals surface area contributed by atoms with E-state index in [0.717, 1.165) is 25.7 Å². The molecule has 2 atom stereocenters. The van der Waals surface area contributed by atoms with Gasteiger partial charge in [-0.1, -0.05) is 51.9 Å². The summed E-state index contributed by atoms with van der Waals surface area (Å²) in [5.74, 6) is -0.447. The lowest BCUT2D eigenvalue weighted by Crippen LogP contribution is -2.34. The predicted molar refractivity (Wildman–Crippen MR) is 96.0 cm³/mol. The third-order valence-electron chi connectivity index (χ3n) is 4.50. The van der Waals surface area contributed by atoms with E-state index >= 15 is 0 Å². The summed E-state index contributed by atoms with van der Waals surface area (Å²) in [7, 11) is 1.36. The summed E-state index contributed by atoms with van der Waals surface area (Å²) in [5.41, 5.74) is 0.514. The summed E-state index contributed by atoms with van der Waals surface area (Å²) >= 11 is 0. The molecule has 1 rings (SSSR count). The Morgan fingerprint density at radius 2 is 1.84 bits per heavy atom. The molecule has 0 bridgehead atoms. The molecule has 0 spiro atoms. The molecule has 2 N–H and O–H groups in total. The van der Waals surface area contributed by atoms with Gasteiger partial charge in [0, 0.05) is 11.6 Å². The maximum Gasteiger partial charge on any atom is 0.407 e. The van der Waals surface area contributed by atoms with Crippen LogP contribution >= 0.6 is 0 Å². The zero-order valence-corrected chi connectivity index (χ0v) is 15.6. The molecule has 0 aromatic carbocycles. The summed E-state index contributed by atoms with van der Waals surface area (Å²) in [6.07, 6.45) is 11.5. The second-order valence-electron chi connectivity index (χ2n) is 6.62. The highest BCUT2D eigenvalue weighted by Crippen LogP contribution is 2.19. The van der Waals surface area contributed by atoms with Crippen molar-refractivity contribution in [3.8, 4) is 0 Å². The summed E-state index contributed by atoms with van der Waals surface area (Å²) in [6.45, 7) is 2.21. The number of carbonyl (C=O) groups excluding carboxylic acids is 2.